The van der Waals surface area contributed by atoms with Crippen molar-refractivity contribution in [1.29, 1.82) is 0 Å². The van der Waals surface area contributed by atoms with Gasteiger partial charge in [0.05, 0.1) is 16.4 Å². The first-order valence-electron chi connectivity index (χ1n) is 6.24. The number of benzene rings is 1. The number of hydrogen-bond donors (Lipinski definition) is 1. The lowest BCUT2D eigenvalue weighted by atomic mass is 10.0. The summed E-state index contributed by atoms with van der Waals surface area (Å²) >= 11 is 8.67. The predicted molar refractivity (Wildman–Crippen MR) is 87.4 cm³/mol. The van der Waals surface area contributed by atoms with Crippen molar-refractivity contribution in [2.24, 2.45) is 12.8 Å². The number of aryl methyl sites for hydroxylation is 2. The Balaban J connectivity index is 2.27. The third kappa shape index (κ3) is 3.12. The van der Waals surface area contributed by atoms with E-state index in [1.54, 1.807) is 0 Å². The van der Waals surface area contributed by atoms with Crippen LogP contribution < -0.4 is 5.73 Å². The first kappa shape index (κ1) is 14.8. The third-order valence-corrected chi connectivity index (χ3v) is 4.64. The standard InChI is InChI=1S/C14H17ClIN3/c1-3-12-14(15)13(19(2)18-12)8-11(17)9-6-4-5-7-10(9)16/h4-7,11H,3,8,17H2,1-2H3. The first-order valence-corrected chi connectivity index (χ1v) is 7.70. The molecule has 0 aliphatic rings. The van der Waals surface area contributed by atoms with Crippen molar-refractivity contribution in [2.75, 3.05) is 0 Å². The molecule has 2 N–H and O–H groups in total. The predicted octanol–water partition coefficient (Wildman–Crippen LogP) is 3.48. The molecule has 0 amide bonds. The van der Waals surface area contributed by atoms with Crippen molar-refractivity contribution in [2.45, 2.75) is 25.8 Å². The van der Waals surface area contributed by atoms with Gasteiger partial charge < -0.3 is 5.73 Å². The van der Waals surface area contributed by atoms with Crippen molar-refractivity contribution in [3.8, 4) is 0 Å². The van der Waals surface area contributed by atoms with E-state index in [0.29, 0.717) is 6.42 Å². The molecule has 102 valence electrons. The van der Waals surface area contributed by atoms with Gasteiger partial charge in [-0.1, -0.05) is 36.7 Å². The van der Waals surface area contributed by atoms with Gasteiger partial charge in [0.25, 0.3) is 0 Å². The zero-order valence-corrected chi connectivity index (χ0v) is 13.9. The molecule has 5 heteroatoms. The molecule has 1 aromatic carbocycles. The zero-order valence-electron chi connectivity index (χ0n) is 11.0. The van der Waals surface area contributed by atoms with E-state index in [4.69, 9.17) is 17.3 Å². The summed E-state index contributed by atoms with van der Waals surface area (Å²) in [6.07, 6.45) is 1.53. The van der Waals surface area contributed by atoms with E-state index in [9.17, 15) is 0 Å². The van der Waals surface area contributed by atoms with Gasteiger partial charge in [0.1, 0.15) is 0 Å². The second-order valence-electron chi connectivity index (χ2n) is 4.52. The molecule has 2 aromatic rings. The van der Waals surface area contributed by atoms with E-state index in [1.807, 2.05) is 23.9 Å². The van der Waals surface area contributed by atoms with Gasteiger partial charge >= 0.3 is 0 Å². The highest BCUT2D eigenvalue weighted by Gasteiger charge is 2.17. The fourth-order valence-corrected chi connectivity index (χ4v) is 3.29. The van der Waals surface area contributed by atoms with E-state index in [0.717, 1.165) is 28.4 Å². The highest BCUT2D eigenvalue weighted by molar-refractivity contribution is 14.1. The number of halogens is 2. The highest BCUT2D eigenvalue weighted by atomic mass is 127. The van der Waals surface area contributed by atoms with Crippen molar-refractivity contribution in [3.63, 3.8) is 0 Å². The van der Waals surface area contributed by atoms with E-state index in [1.165, 1.54) is 3.57 Å². The molecule has 0 spiro atoms. The molecule has 0 aliphatic heterocycles. The minimum Gasteiger partial charge on any atom is -0.324 e. The Morgan fingerprint density at radius 2 is 2.11 bits per heavy atom. The number of nitrogens with two attached hydrogens (primary N) is 1. The maximum Gasteiger partial charge on any atom is 0.0850 e. The Kier molecular flexibility index (Phi) is 4.86. The maximum absolute atomic E-state index is 6.36. The highest BCUT2D eigenvalue weighted by Crippen LogP contribution is 2.27. The van der Waals surface area contributed by atoms with Crippen LogP contribution >= 0.6 is 34.2 Å². The van der Waals surface area contributed by atoms with Crippen LogP contribution in [0.15, 0.2) is 24.3 Å². The molecule has 1 unspecified atom stereocenters. The summed E-state index contributed by atoms with van der Waals surface area (Å²) in [5.41, 5.74) is 9.41. The lowest BCUT2D eigenvalue weighted by molar-refractivity contribution is 0.636. The van der Waals surface area contributed by atoms with Crippen LogP contribution in [-0.2, 0) is 19.9 Å². The fourth-order valence-electron chi connectivity index (χ4n) is 2.14. The number of rotatable bonds is 4. The minimum absolute atomic E-state index is 0.0642. The fraction of sp³-hybridized carbons (Fsp3) is 0.357. The minimum atomic E-state index is -0.0642. The van der Waals surface area contributed by atoms with Gasteiger partial charge in [-0.2, -0.15) is 5.10 Å². The van der Waals surface area contributed by atoms with Crippen LogP contribution in [0.5, 0.6) is 0 Å². The molecular formula is C14H17ClIN3. The molecule has 0 saturated heterocycles. The molecule has 2 rings (SSSR count). The summed E-state index contributed by atoms with van der Waals surface area (Å²) in [5.74, 6) is 0. The monoisotopic (exact) mass is 389 g/mol. The summed E-state index contributed by atoms with van der Waals surface area (Å²) in [7, 11) is 1.92. The third-order valence-electron chi connectivity index (χ3n) is 3.22. The second kappa shape index (κ2) is 6.24. The lowest BCUT2D eigenvalue weighted by Crippen LogP contribution is -2.16. The summed E-state index contributed by atoms with van der Waals surface area (Å²) in [5, 5.41) is 5.18. The normalized spacial score (nSPS) is 12.7. The second-order valence-corrected chi connectivity index (χ2v) is 6.06. The van der Waals surface area contributed by atoms with Gasteiger partial charge in [0.2, 0.25) is 0 Å². The number of nitrogens with zero attached hydrogens (tertiary/aromatic N) is 2. The van der Waals surface area contributed by atoms with Crippen molar-refractivity contribution in [3.05, 3.63) is 49.8 Å². The molecule has 1 aromatic heterocycles. The average molecular weight is 390 g/mol. The van der Waals surface area contributed by atoms with Gasteiger partial charge in [-0.3, -0.25) is 4.68 Å². The summed E-state index contributed by atoms with van der Waals surface area (Å²) in [6, 6.07) is 8.10. The molecule has 3 nitrogen and oxygen atoms in total. The number of aromatic nitrogens is 2. The molecule has 0 fully saturated rings. The Morgan fingerprint density at radius 1 is 1.42 bits per heavy atom. The molecule has 1 atom stereocenters. The molecule has 19 heavy (non-hydrogen) atoms. The zero-order chi connectivity index (χ0) is 14.0. The Bertz CT molecular complexity index is 580. The molecule has 0 saturated carbocycles. The molecule has 0 aliphatic carbocycles. The van der Waals surface area contributed by atoms with E-state index in [-0.39, 0.29) is 6.04 Å². The van der Waals surface area contributed by atoms with Gasteiger partial charge in [-0.25, -0.2) is 0 Å². The Hall–Kier alpha value is -0.590. The Labute approximate surface area is 132 Å². The Morgan fingerprint density at radius 3 is 2.68 bits per heavy atom. The summed E-state index contributed by atoms with van der Waals surface area (Å²) in [6.45, 7) is 2.05. The largest absolute Gasteiger partial charge is 0.324 e. The van der Waals surface area contributed by atoms with Crippen LogP contribution in [0.1, 0.15) is 29.9 Å². The van der Waals surface area contributed by atoms with Crippen molar-refractivity contribution >= 4 is 34.2 Å². The van der Waals surface area contributed by atoms with Gasteiger partial charge in [0, 0.05) is 23.1 Å². The average Bonchev–Trinajstić information content (AvgIpc) is 2.66. The van der Waals surface area contributed by atoms with Crippen LogP contribution in [0, 0.1) is 3.57 Å². The van der Waals surface area contributed by atoms with Crippen LogP contribution in [-0.4, -0.2) is 9.78 Å². The lowest BCUT2D eigenvalue weighted by Gasteiger charge is -2.14. The molecule has 1 heterocycles. The van der Waals surface area contributed by atoms with Crippen LogP contribution in [0.25, 0.3) is 0 Å². The van der Waals surface area contributed by atoms with Crippen molar-refractivity contribution in [1.82, 2.24) is 9.78 Å². The molecule has 0 bridgehead atoms. The van der Waals surface area contributed by atoms with Crippen molar-refractivity contribution < 1.29 is 0 Å². The van der Waals surface area contributed by atoms with Gasteiger partial charge in [-0.05, 0) is 40.6 Å². The quantitative estimate of drug-likeness (QED) is 0.814. The van der Waals surface area contributed by atoms with E-state index >= 15 is 0 Å². The number of hydrogen-bond acceptors (Lipinski definition) is 2. The van der Waals surface area contributed by atoms with E-state index < -0.39 is 0 Å². The van der Waals surface area contributed by atoms with Gasteiger partial charge in [0.15, 0.2) is 0 Å². The first-order chi connectivity index (χ1) is 9.04. The summed E-state index contributed by atoms with van der Waals surface area (Å²) in [4.78, 5) is 0. The molecule has 0 radical (unpaired) electrons. The smallest absolute Gasteiger partial charge is 0.0850 e. The topological polar surface area (TPSA) is 43.8 Å². The van der Waals surface area contributed by atoms with Crippen LogP contribution in [0.3, 0.4) is 0 Å². The maximum atomic E-state index is 6.36. The SMILES string of the molecule is CCc1nn(C)c(CC(N)c2ccccc2I)c1Cl. The van der Waals surface area contributed by atoms with Crippen LogP contribution in [0.2, 0.25) is 5.02 Å². The summed E-state index contributed by atoms with van der Waals surface area (Å²) < 4.78 is 3.03. The van der Waals surface area contributed by atoms with E-state index in [2.05, 4.69) is 46.7 Å². The molecular weight excluding hydrogens is 373 g/mol. The van der Waals surface area contributed by atoms with Gasteiger partial charge in [-0.15, -0.1) is 0 Å². The van der Waals surface area contributed by atoms with Crippen LogP contribution in [0.4, 0.5) is 0 Å².